The maximum atomic E-state index is 13.4. The molecule has 4 rings (SSSR count). The van der Waals surface area contributed by atoms with Crippen molar-refractivity contribution in [3.05, 3.63) is 89.2 Å². The zero-order valence-electron chi connectivity index (χ0n) is 18.7. The van der Waals surface area contributed by atoms with Crippen LogP contribution in [0.5, 0.6) is 17.2 Å². The zero-order chi connectivity index (χ0) is 24.1. The lowest BCUT2D eigenvalue weighted by molar-refractivity contribution is -0.135. The van der Waals surface area contributed by atoms with Crippen molar-refractivity contribution >= 4 is 17.9 Å². The smallest absolute Gasteiger partial charge is 0.281 e. The molecule has 7 nitrogen and oxygen atoms in total. The first-order chi connectivity index (χ1) is 16.5. The number of benzene rings is 3. The van der Waals surface area contributed by atoms with Gasteiger partial charge in [-0.2, -0.15) is 5.10 Å². The zero-order valence-corrected chi connectivity index (χ0v) is 18.7. The minimum atomic E-state index is -0.419. The normalized spacial score (nSPS) is 15.0. The van der Waals surface area contributed by atoms with Gasteiger partial charge in [-0.3, -0.25) is 9.59 Å². The molecule has 0 bridgehead atoms. The molecular formula is C26H23FN2O5. The lowest BCUT2D eigenvalue weighted by Crippen LogP contribution is -2.31. The summed E-state index contributed by atoms with van der Waals surface area (Å²) in [5.41, 5.74) is 2.62. The van der Waals surface area contributed by atoms with Gasteiger partial charge in [0.05, 0.1) is 26.0 Å². The van der Waals surface area contributed by atoms with Crippen LogP contribution in [-0.4, -0.2) is 43.7 Å². The van der Waals surface area contributed by atoms with Gasteiger partial charge >= 0.3 is 0 Å². The second-order valence-electron chi connectivity index (χ2n) is 7.61. The van der Waals surface area contributed by atoms with E-state index in [9.17, 15) is 14.0 Å². The van der Waals surface area contributed by atoms with Gasteiger partial charge in [0.15, 0.2) is 18.1 Å². The van der Waals surface area contributed by atoms with E-state index < -0.39 is 6.04 Å². The average Bonchev–Trinajstić information content (AvgIpc) is 3.33. The van der Waals surface area contributed by atoms with E-state index in [-0.39, 0.29) is 18.3 Å². The van der Waals surface area contributed by atoms with E-state index in [2.05, 4.69) is 5.10 Å². The first kappa shape index (κ1) is 23.0. The predicted octanol–water partition coefficient (Wildman–Crippen LogP) is 4.41. The summed E-state index contributed by atoms with van der Waals surface area (Å²) in [6.07, 6.45) is 1.13. The molecule has 0 radical (unpaired) electrons. The fraction of sp³-hybridized carbons (Fsp3) is 0.192. The van der Waals surface area contributed by atoms with Crippen LogP contribution in [0, 0.1) is 5.82 Å². The second-order valence-corrected chi connectivity index (χ2v) is 7.61. The molecule has 0 saturated heterocycles. The van der Waals surface area contributed by atoms with Gasteiger partial charge in [0.25, 0.3) is 5.91 Å². The summed E-state index contributed by atoms with van der Waals surface area (Å²) in [6.45, 7) is -0.272. The van der Waals surface area contributed by atoms with Crippen molar-refractivity contribution in [3.63, 3.8) is 0 Å². The lowest BCUT2D eigenvalue weighted by atomic mass is 9.98. The number of carbonyl (C=O) groups is 2. The lowest BCUT2D eigenvalue weighted by Gasteiger charge is -2.23. The number of methoxy groups -OCH3 is 2. The third-order valence-electron chi connectivity index (χ3n) is 5.49. The summed E-state index contributed by atoms with van der Waals surface area (Å²) in [5, 5.41) is 5.94. The van der Waals surface area contributed by atoms with Crippen LogP contribution in [0.4, 0.5) is 4.39 Å². The average molecular weight is 462 g/mol. The maximum Gasteiger partial charge on any atom is 0.281 e. The molecule has 3 aromatic rings. The Morgan fingerprint density at radius 1 is 1.06 bits per heavy atom. The Balaban J connectivity index is 1.62. The summed E-state index contributed by atoms with van der Waals surface area (Å²) >= 11 is 0. The molecule has 0 N–H and O–H groups in total. The highest BCUT2D eigenvalue weighted by atomic mass is 19.1. The molecule has 0 fully saturated rings. The number of halogens is 1. The maximum absolute atomic E-state index is 13.4. The number of carbonyl (C=O) groups excluding carboxylic acids is 2. The van der Waals surface area contributed by atoms with Crippen LogP contribution in [0.1, 0.15) is 33.9 Å². The summed E-state index contributed by atoms with van der Waals surface area (Å²) in [6, 6.07) is 17.5. The van der Waals surface area contributed by atoms with Crippen LogP contribution < -0.4 is 14.2 Å². The Morgan fingerprint density at radius 3 is 2.53 bits per heavy atom. The van der Waals surface area contributed by atoms with Gasteiger partial charge in [-0.25, -0.2) is 9.40 Å². The third-order valence-corrected chi connectivity index (χ3v) is 5.49. The molecule has 3 aromatic carbocycles. The summed E-state index contributed by atoms with van der Waals surface area (Å²) < 4.78 is 29.8. The largest absolute Gasteiger partial charge is 0.493 e. The van der Waals surface area contributed by atoms with E-state index in [1.54, 1.807) is 62.8 Å². The fourth-order valence-corrected chi connectivity index (χ4v) is 3.77. The number of aldehydes is 1. The highest BCUT2D eigenvalue weighted by molar-refractivity contribution is 6.03. The molecule has 1 atom stereocenters. The number of hydrazone groups is 1. The number of nitrogens with zero attached hydrogens (tertiary/aromatic N) is 2. The van der Waals surface area contributed by atoms with Gasteiger partial charge < -0.3 is 14.2 Å². The van der Waals surface area contributed by atoms with Crippen molar-refractivity contribution in [2.24, 2.45) is 5.10 Å². The second kappa shape index (κ2) is 10.2. The van der Waals surface area contributed by atoms with Crippen LogP contribution in [0.3, 0.4) is 0 Å². The minimum Gasteiger partial charge on any atom is -0.493 e. The standard InChI is InChI=1S/C26H23FN2O5/c1-32-24-11-8-19(13-25(24)33-2)23-14-22(18-6-9-20(27)10-7-18)28-29(23)26(31)16-34-21-5-3-4-17(12-21)15-30/h3-13,15,23H,14,16H2,1-2H3. The van der Waals surface area contributed by atoms with Gasteiger partial charge in [0.1, 0.15) is 17.9 Å². The molecule has 1 amide bonds. The molecule has 1 aliphatic heterocycles. The van der Waals surface area contributed by atoms with E-state index in [4.69, 9.17) is 14.2 Å². The van der Waals surface area contributed by atoms with Crippen molar-refractivity contribution in [3.8, 4) is 17.2 Å². The number of rotatable bonds is 8. The molecule has 1 aliphatic rings. The van der Waals surface area contributed by atoms with Gasteiger partial charge in [-0.05, 0) is 47.5 Å². The molecule has 0 saturated carbocycles. The van der Waals surface area contributed by atoms with Crippen LogP contribution in [0.25, 0.3) is 0 Å². The van der Waals surface area contributed by atoms with Crippen molar-refractivity contribution < 1.29 is 28.2 Å². The predicted molar refractivity (Wildman–Crippen MR) is 124 cm³/mol. The number of ether oxygens (including phenoxy) is 3. The first-order valence-electron chi connectivity index (χ1n) is 10.6. The van der Waals surface area contributed by atoms with Gasteiger partial charge in [0.2, 0.25) is 0 Å². The Kier molecular flexibility index (Phi) is 6.87. The molecule has 0 spiro atoms. The van der Waals surface area contributed by atoms with E-state index in [1.165, 1.54) is 17.1 Å². The Hall–Kier alpha value is -4.20. The van der Waals surface area contributed by atoms with Gasteiger partial charge in [0, 0.05) is 12.0 Å². The molecule has 1 unspecified atom stereocenters. The highest BCUT2D eigenvalue weighted by Crippen LogP contribution is 2.37. The van der Waals surface area contributed by atoms with E-state index >= 15 is 0 Å². The molecule has 1 heterocycles. The summed E-state index contributed by atoms with van der Waals surface area (Å²) in [7, 11) is 3.09. The number of hydrogen-bond donors (Lipinski definition) is 0. The van der Waals surface area contributed by atoms with Crippen molar-refractivity contribution in [2.45, 2.75) is 12.5 Å². The van der Waals surface area contributed by atoms with E-state index in [0.29, 0.717) is 41.2 Å². The molecule has 8 heteroatoms. The third kappa shape index (κ3) is 4.91. The van der Waals surface area contributed by atoms with Crippen LogP contribution >= 0.6 is 0 Å². The molecule has 174 valence electrons. The van der Waals surface area contributed by atoms with Crippen LogP contribution in [0.2, 0.25) is 0 Å². The molecule has 0 aromatic heterocycles. The van der Waals surface area contributed by atoms with E-state index in [1.807, 2.05) is 6.07 Å². The fourth-order valence-electron chi connectivity index (χ4n) is 3.77. The first-order valence-corrected chi connectivity index (χ1v) is 10.6. The Morgan fingerprint density at radius 2 is 1.82 bits per heavy atom. The SMILES string of the molecule is COc1ccc(C2CC(c3ccc(F)cc3)=NN2C(=O)COc2cccc(C=O)c2)cc1OC. The number of amides is 1. The quantitative estimate of drug-likeness (QED) is 0.464. The van der Waals surface area contributed by atoms with E-state index in [0.717, 1.165) is 11.1 Å². The van der Waals surface area contributed by atoms with Crippen LogP contribution in [-0.2, 0) is 4.79 Å². The molecular weight excluding hydrogens is 439 g/mol. The topological polar surface area (TPSA) is 77.4 Å². The highest BCUT2D eigenvalue weighted by Gasteiger charge is 2.34. The monoisotopic (exact) mass is 462 g/mol. The molecule has 34 heavy (non-hydrogen) atoms. The summed E-state index contributed by atoms with van der Waals surface area (Å²) in [5.74, 6) is 0.790. The molecule has 0 aliphatic carbocycles. The van der Waals surface area contributed by atoms with Crippen molar-refractivity contribution in [1.82, 2.24) is 5.01 Å². The van der Waals surface area contributed by atoms with Gasteiger partial charge in [-0.15, -0.1) is 0 Å². The van der Waals surface area contributed by atoms with Crippen molar-refractivity contribution in [1.29, 1.82) is 0 Å². The minimum absolute atomic E-state index is 0.272. The Labute approximate surface area is 196 Å². The summed E-state index contributed by atoms with van der Waals surface area (Å²) in [4.78, 5) is 24.2. The number of hydrogen-bond acceptors (Lipinski definition) is 6. The van der Waals surface area contributed by atoms with Crippen molar-refractivity contribution in [2.75, 3.05) is 20.8 Å². The van der Waals surface area contributed by atoms with Gasteiger partial charge in [-0.1, -0.05) is 30.3 Å². The Bertz CT molecular complexity index is 1230. The van der Waals surface area contributed by atoms with Crippen LogP contribution in [0.15, 0.2) is 71.8 Å².